The standard InChI is InChI=1S/C22H27ClFNO4S/c1-29-22(26)12-6-4-2-3-5-11-21(19-9-7-8-10-20(19)24)25-30(27,28)18-15-13-17(23)14-16-18/h7-10,13-16,21,25H,2-6,11-12H2,1H3. The van der Waals surface area contributed by atoms with Crippen molar-refractivity contribution >= 4 is 27.6 Å². The SMILES string of the molecule is COC(=O)CCCCCCCC(NS(=O)(=O)c1ccc(Cl)cc1)c1ccccc1F. The molecule has 0 heterocycles. The van der Waals surface area contributed by atoms with Crippen LogP contribution in [-0.4, -0.2) is 21.5 Å². The Hall–Kier alpha value is -1.96. The highest BCUT2D eigenvalue weighted by Crippen LogP contribution is 2.26. The highest BCUT2D eigenvalue weighted by atomic mass is 35.5. The molecular formula is C22H27ClFNO4S. The average molecular weight is 456 g/mol. The van der Waals surface area contributed by atoms with Crippen LogP contribution in [0.4, 0.5) is 4.39 Å². The number of carbonyl (C=O) groups excluding carboxylic acids is 1. The highest BCUT2D eigenvalue weighted by Gasteiger charge is 2.23. The number of halogens is 2. The van der Waals surface area contributed by atoms with Gasteiger partial charge in [0.1, 0.15) is 5.82 Å². The van der Waals surface area contributed by atoms with Crippen molar-refractivity contribution in [1.82, 2.24) is 4.72 Å². The van der Waals surface area contributed by atoms with Gasteiger partial charge in [0.25, 0.3) is 0 Å². The van der Waals surface area contributed by atoms with Crippen LogP contribution in [0.15, 0.2) is 53.4 Å². The Morgan fingerprint density at radius 3 is 2.33 bits per heavy atom. The van der Waals surface area contributed by atoms with Gasteiger partial charge >= 0.3 is 5.97 Å². The van der Waals surface area contributed by atoms with Crippen molar-refractivity contribution in [2.45, 2.75) is 55.9 Å². The number of carbonyl (C=O) groups is 1. The van der Waals surface area contributed by atoms with Crippen molar-refractivity contribution < 1.29 is 22.3 Å². The van der Waals surface area contributed by atoms with E-state index in [0.717, 1.165) is 32.1 Å². The van der Waals surface area contributed by atoms with E-state index in [1.807, 2.05) is 0 Å². The molecule has 1 N–H and O–H groups in total. The summed E-state index contributed by atoms with van der Waals surface area (Å²) in [6, 6.07) is 11.4. The molecule has 0 saturated carbocycles. The minimum absolute atomic E-state index is 0.0797. The lowest BCUT2D eigenvalue weighted by atomic mass is 10.00. The van der Waals surface area contributed by atoms with Crippen molar-refractivity contribution in [3.63, 3.8) is 0 Å². The number of methoxy groups -OCH3 is 1. The molecule has 2 aromatic carbocycles. The maximum absolute atomic E-state index is 14.4. The van der Waals surface area contributed by atoms with E-state index < -0.39 is 21.9 Å². The highest BCUT2D eigenvalue weighted by molar-refractivity contribution is 7.89. The summed E-state index contributed by atoms with van der Waals surface area (Å²) < 4.78 is 47.2. The van der Waals surface area contributed by atoms with Crippen molar-refractivity contribution in [2.75, 3.05) is 7.11 Å². The first-order valence-corrected chi connectivity index (χ1v) is 11.8. The lowest BCUT2D eigenvalue weighted by Crippen LogP contribution is -2.29. The fourth-order valence-electron chi connectivity index (χ4n) is 3.15. The zero-order valence-corrected chi connectivity index (χ0v) is 18.5. The van der Waals surface area contributed by atoms with Gasteiger partial charge < -0.3 is 4.74 Å². The van der Waals surface area contributed by atoms with Gasteiger partial charge in [-0.25, -0.2) is 17.5 Å². The lowest BCUT2D eigenvalue weighted by Gasteiger charge is -2.20. The van der Waals surface area contributed by atoms with Crippen molar-refractivity contribution in [2.24, 2.45) is 0 Å². The number of hydrogen-bond donors (Lipinski definition) is 1. The molecule has 0 saturated heterocycles. The van der Waals surface area contributed by atoms with Crippen molar-refractivity contribution in [1.29, 1.82) is 0 Å². The van der Waals surface area contributed by atoms with Gasteiger partial charge in [-0.05, 0) is 43.2 Å². The second-order valence-corrected chi connectivity index (χ2v) is 9.18. The molecule has 0 fully saturated rings. The number of nitrogens with one attached hydrogen (secondary N) is 1. The van der Waals surface area contributed by atoms with Crippen LogP contribution in [0.3, 0.4) is 0 Å². The van der Waals surface area contributed by atoms with Gasteiger partial charge in [0.2, 0.25) is 10.0 Å². The van der Waals surface area contributed by atoms with Crippen molar-refractivity contribution in [3.8, 4) is 0 Å². The average Bonchev–Trinajstić information content (AvgIpc) is 2.72. The van der Waals surface area contributed by atoms with E-state index in [1.165, 1.54) is 37.4 Å². The normalized spacial score (nSPS) is 12.5. The van der Waals surface area contributed by atoms with Gasteiger partial charge in [0, 0.05) is 23.0 Å². The number of unbranched alkanes of at least 4 members (excludes halogenated alkanes) is 4. The number of hydrogen-bond acceptors (Lipinski definition) is 4. The Labute approximate surface area is 182 Å². The first kappa shape index (κ1) is 24.3. The van der Waals surface area contributed by atoms with Crippen LogP contribution in [0.25, 0.3) is 0 Å². The Morgan fingerprint density at radius 1 is 1.03 bits per heavy atom. The van der Waals surface area contributed by atoms with Crippen molar-refractivity contribution in [3.05, 3.63) is 64.9 Å². The van der Waals surface area contributed by atoms with Crippen LogP contribution in [0.2, 0.25) is 5.02 Å². The zero-order valence-electron chi connectivity index (χ0n) is 16.9. The molecule has 0 aliphatic carbocycles. The summed E-state index contributed by atoms with van der Waals surface area (Å²) in [6.45, 7) is 0. The number of sulfonamides is 1. The van der Waals surface area contributed by atoms with E-state index in [9.17, 15) is 17.6 Å². The second kappa shape index (κ2) is 12.0. The van der Waals surface area contributed by atoms with Crippen LogP contribution >= 0.6 is 11.6 Å². The van der Waals surface area contributed by atoms with E-state index >= 15 is 0 Å². The van der Waals surface area contributed by atoms with Crippen LogP contribution in [0.1, 0.15) is 56.6 Å². The topological polar surface area (TPSA) is 72.5 Å². The summed E-state index contributed by atoms with van der Waals surface area (Å²) in [6.07, 6.45) is 4.99. The molecule has 8 heteroatoms. The Balaban J connectivity index is 1.99. The minimum atomic E-state index is -3.83. The molecule has 2 rings (SSSR count). The third-order valence-electron chi connectivity index (χ3n) is 4.80. The molecule has 1 atom stereocenters. The second-order valence-electron chi connectivity index (χ2n) is 7.03. The van der Waals surface area contributed by atoms with Crippen LogP contribution in [-0.2, 0) is 19.6 Å². The third kappa shape index (κ3) is 7.70. The van der Waals surface area contributed by atoms with Gasteiger partial charge in [-0.3, -0.25) is 4.79 Å². The summed E-state index contributed by atoms with van der Waals surface area (Å²) in [5.41, 5.74) is 0.320. The van der Waals surface area contributed by atoms with Gasteiger partial charge in [0.05, 0.1) is 12.0 Å². The molecule has 0 aliphatic rings. The van der Waals surface area contributed by atoms with Crippen LogP contribution in [0.5, 0.6) is 0 Å². The Morgan fingerprint density at radius 2 is 1.67 bits per heavy atom. The molecule has 0 radical (unpaired) electrons. The molecule has 5 nitrogen and oxygen atoms in total. The summed E-state index contributed by atoms with van der Waals surface area (Å²) in [5, 5.41) is 0.437. The summed E-state index contributed by atoms with van der Waals surface area (Å²) >= 11 is 5.84. The summed E-state index contributed by atoms with van der Waals surface area (Å²) in [5.74, 6) is -0.661. The molecule has 0 spiro atoms. The molecule has 0 aliphatic heterocycles. The molecule has 2 aromatic rings. The molecule has 0 aromatic heterocycles. The lowest BCUT2D eigenvalue weighted by molar-refractivity contribution is -0.140. The molecule has 1 unspecified atom stereocenters. The number of benzene rings is 2. The number of esters is 1. The van der Waals surface area contributed by atoms with Gasteiger partial charge in [-0.2, -0.15) is 0 Å². The summed E-state index contributed by atoms with van der Waals surface area (Å²) in [4.78, 5) is 11.2. The molecule has 164 valence electrons. The van der Waals surface area contributed by atoms with Crippen LogP contribution < -0.4 is 4.72 Å². The smallest absolute Gasteiger partial charge is 0.305 e. The fraction of sp³-hybridized carbons (Fsp3) is 0.409. The van der Waals surface area contributed by atoms with Gasteiger partial charge in [-0.1, -0.05) is 55.5 Å². The predicted octanol–water partition coefficient (Wildman–Crippen LogP) is 5.40. The van der Waals surface area contributed by atoms with E-state index in [-0.39, 0.29) is 10.9 Å². The van der Waals surface area contributed by atoms with Crippen LogP contribution in [0, 0.1) is 5.82 Å². The zero-order chi connectivity index (χ0) is 22.0. The molecule has 0 bridgehead atoms. The predicted molar refractivity (Wildman–Crippen MR) is 115 cm³/mol. The van der Waals surface area contributed by atoms with E-state index in [0.29, 0.717) is 23.4 Å². The van der Waals surface area contributed by atoms with Gasteiger partial charge in [0.15, 0.2) is 0 Å². The Kier molecular flexibility index (Phi) is 9.75. The maximum atomic E-state index is 14.4. The van der Waals surface area contributed by atoms with Gasteiger partial charge in [-0.15, -0.1) is 0 Å². The quantitative estimate of drug-likeness (QED) is 0.343. The van der Waals surface area contributed by atoms with E-state index in [1.54, 1.807) is 18.2 Å². The Bertz CT molecular complexity index is 919. The largest absolute Gasteiger partial charge is 0.469 e. The number of ether oxygens (including phenoxy) is 1. The minimum Gasteiger partial charge on any atom is -0.469 e. The maximum Gasteiger partial charge on any atom is 0.305 e. The van der Waals surface area contributed by atoms with E-state index in [4.69, 9.17) is 11.6 Å². The number of rotatable bonds is 12. The molecule has 30 heavy (non-hydrogen) atoms. The molecular weight excluding hydrogens is 429 g/mol. The monoisotopic (exact) mass is 455 g/mol. The third-order valence-corrected chi connectivity index (χ3v) is 6.54. The first-order chi connectivity index (χ1) is 14.3. The first-order valence-electron chi connectivity index (χ1n) is 9.92. The fourth-order valence-corrected chi connectivity index (χ4v) is 4.53. The summed E-state index contributed by atoms with van der Waals surface area (Å²) in [7, 11) is -2.46. The van der Waals surface area contributed by atoms with E-state index in [2.05, 4.69) is 9.46 Å². The molecule has 0 amide bonds.